The molecule has 0 aromatic heterocycles. The molecule has 3 rings (SSSR count). The zero-order chi connectivity index (χ0) is 17.9. The number of carbonyl (C=O) groups is 1. The van der Waals surface area contributed by atoms with E-state index in [1.54, 1.807) is 0 Å². The number of hydrogen-bond donors (Lipinski definition) is 2. The Morgan fingerprint density at radius 1 is 1.04 bits per heavy atom. The zero-order valence-electron chi connectivity index (χ0n) is 15.5. The normalized spacial score (nSPS) is 18.0. The number of carbonyl (C=O) groups excluding carboxylic acids is 1. The highest BCUT2D eigenvalue weighted by Gasteiger charge is 2.35. The van der Waals surface area contributed by atoms with Crippen LogP contribution in [0.4, 0.5) is 0 Å². The minimum atomic E-state index is -0.366. The number of hydrogen-bond acceptors (Lipinski definition) is 2. The van der Waals surface area contributed by atoms with E-state index in [1.165, 1.54) is 42.0 Å². The quantitative estimate of drug-likeness (QED) is 0.590. The van der Waals surface area contributed by atoms with Crippen molar-refractivity contribution in [1.82, 2.24) is 10.9 Å². The van der Waals surface area contributed by atoms with Gasteiger partial charge in [0.1, 0.15) is 0 Å². The van der Waals surface area contributed by atoms with E-state index in [1.807, 2.05) is 19.9 Å². The molecule has 25 heavy (non-hydrogen) atoms. The van der Waals surface area contributed by atoms with Crippen LogP contribution >= 0.6 is 0 Å². The van der Waals surface area contributed by atoms with Gasteiger partial charge in [-0.05, 0) is 54.7 Å². The molecule has 1 saturated heterocycles. The van der Waals surface area contributed by atoms with Crippen LogP contribution in [0.25, 0.3) is 16.8 Å². The van der Waals surface area contributed by atoms with Gasteiger partial charge in [0.15, 0.2) is 0 Å². The van der Waals surface area contributed by atoms with Crippen molar-refractivity contribution in [2.24, 2.45) is 0 Å². The molecular weight excluding hydrogens is 308 g/mol. The van der Waals surface area contributed by atoms with Crippen molar-refractivity contribution < 1.29 is 4.79 Å². The highest BCUT2D eigenvalue weighted by molar-refractivity contribution is 6.04. The third-order valence-electron chi connectivity index (χ3n) is 5.03. The molecule has 1 aliphatic heterocycles. The van der Waals surface area contributed by atoms with Crippen LogP contribution in [0.3, 0.4) is 0 Å². The molecule has 0 atom stereocenters. The molecule has 3 heteroatoms. The fraction of sp³-hybridized carbons (Fsp3) is 0.409. The van der Waals surface area contributed by atoms with Crippen molar-refractivity contribution in [3.8, 4) is 0 Å². The van der Waals surface area contributed by atoms with Crippen molar-refractivity contribution in [2.45, 2.75) is 58.4 Å². The Morgan fingerprint density at radius 2 is 1.80 bits per heavy atom. The first-order chi connectivity index (χ1) is 12.0. The third-order valence-corrected chi connectivity index (χ3v) is 5.03. The number of aryl methyl sites for hydroxylation is 1. The lowest BCUT2D eigenvalue weighted by molar-refractivity contribution is -0.116. The highest BCUT2D eigenvalue weighted by Crippen LogP contribution is 2.29. The molecule has 3 nitrogen and oxygen atoms in total. The summed E-state index contributed by atoms with van der Waals surface area (Å²) >= 11 is 0. The molecule has 1 heterocycles. The molecule has 0 radical (unpaired) electrons. The summed E-state index contributed by atoms with van der Waals surface area (Å²) in [5, 5.41) is 2.52. The van der Waals surface area contributed by atoms with E-state index in [-0.39, 0.29) is 11.4 Å². The van der Waals surface area contributed by atoms with Crippen LogP contribution in [0.5, 0.6) is 0 Å². The first-order valence-corrected chi connectivity index (χ1v) is 9.33. The Bertz CT molecular complexity index is 800. The third kappa shape index (κ3) is 3.77. The van der Waals surface area contributed by atoms with Gasteiger partial charge in [0, 0.05) is 5.57 Å². The Morgan fingerprint density at radius 3 is 2.48 bits per heavy atom. The Hall–Kier alpha value is -2.13. The first-order valence-electron chi connectivity index (χ1n) is 9.33. The Kier molecular flexibility index (Phi) is 5.24. The second-order valence-electron chi connectivity index (χ2n) is 7.44. The number of amides is 1. The Labute approximate surface area is 150 Å². The maximum Gasteiger partial charge on any atom is 0.263 e. The summed E-state index contributed by atoms with van der Waals surface area (Å²) in [6, 6.07) is 12.9. The molecule has 0 aliphatic carbocycles. The average molecular weight is 336 g/mol. The number of hydrazine groups is 1. The van der Waals surface area contributed by atoms with Gasteiger partial charge in [-0.1, -0.05) is 62.6 Å². The molecule has 1 fully saturated rings. The number of fused-ring (bicyclic) bond motifs is 1. The van der Waals surface area contributed by atoms with E-state index in [9.17, 15) is 4.79 Å². The monoisotopic (exact) mass is 336 g/mol. The maximum absolute atomic E-state index is 12.2. The smallest absolute Gasteiger partial charge is 0.263 e. The number of benzene rings is 2. The van der Waals surface area contributed by atoms with Crippen LogP contribution in [-0.2, 0) is 11.2 Å². The van der Waals surface area contributed by atoms with E-state index in [2.05, 4.69) is 54.2 Å². The van der Waals surface area contributed by atoms with Gasteiger partial charge >= 0.3 is 0 Å². The molecule has 132 valence electrons. The van der Waals surface area contributed by atoms with Crippen molar-refractivity contribution >= 4 is 22.8 Å². The fourth-order valence-corrected chi connectivity index (χ4v) is 3.55. The summed E-state index contributed by atoms with van der Waals surface area (Å²) in [4.78, 5) is 12.2. The molecule has 2 N–H and O–H groups in total. The lowest BCUT2D eigenvalue weighted by Crippen LogP contribution is -2.38. The van der Waals surface area contributed by atoms with E-state index in [0.717, 1.165) is 17.6 Å². The Balaban J connectivity index is 2.02. The van der Waals surface area contributed by atoms with Crippen LogP contribution in [-0.4, -0.2) is 11.4 Å². The largest absolute Gasteiger partial charge is 0.287 e. The highest BCUT2D eigenvalue weighted by atomic mass is 16.2. The molecule has 0 unspecified atom stereocenters. The molecule has 2 aromatic rings. The number of nitrogens with one attached hydrogen (secondary N) is 2. The van der Waals surface area contributed by atoms with Crippen molar-refractivity contribution in [3.63, 3.8) is 0 Å². The minimum absolute atomic E-state index is 0.0394. The number of rotatable bonds is 6. The molecule has 0 saturated carbocycles. The van der Waals surface area contributed by atoms with Crippen LogP contribution < -0.4 is 10.9 Å². The summed E-state index contributed by atoms with van der Waals surface area (Å²) < 4.78 is 0. The lowest BCUT2D eigenvalue weighted by Gasteiger charge is -2.17. The number of unbranched alkanes of at least 4 members (excludes halogenated alkanes) is 3. The molecule has 1 amide bonds. The summed E-state index contributed by atoms with van der Waals surface area (Å²) in [6.07, 6.45) is 8.17. The molecule has 2 aromatic carbocycles. The summed E-state index contributed by atoms with van der Waals surface area (Å²) in [7, 11) is 0. The van der Waals surface area contributed by atoms with Gasteiger partial charge in [0.25, 0.3) is 5.91 Å². The van der Waals surface area contributed by atoms with Crippen LogP contribution in [0.2, 0.25) is 0 Å². The van der Waals surface area contributed by atoms with E-state index in [4.69, 9.17) is 0 Å². The van der Waals surface area contributed by atoms with Gasteiger partial charge in [-0.25, -0.2) is 5.43 Å². The molecule has 0 spiro atoms. The van der Waals surface area contributed by atoms with Crippen molar-refractivity contribution in [1.29, 1.82) is 0 Å². The van der Waals surface area contributed by atoms with Gasteiger partial charge in [0.2, 0.25) is 0 Å². The van der Waals surface area contributed by atoms with Gasteiger partial charge in [-0.2, -0.15) is 0 Å². The van der Waals surface area contributed by atoms with Crippen LogP contribution in [0, 0.1) is 0 Å². The van der Waals surface area contributed by atoms with Gasteiger partial charge in [-0.15, -0.1) is 0 Å². The zero-order valence-corrected chi connectivity index (χ0v) is 15.5. The van der Waals surface area contributed by atoms with Crippen molar-refractivity contribution in [3.05, 3.63) is 53.1 Å². The summed E-state index contributed by atoms with van der Waals surface area (Å²) in [6.45, 7) is 6.28. The lowest BCUT2D eigenvalue weighted by atomic mass is 9.90. The predicted octanol–water partition coefficient (Wildman–Crippen LogP) is 4.76. The average Bonchev–Trinajstić information content (AvgIpc) is 2.86. The second-order valence-corrected chi connectivity index (χ2v) is 7.44. The van der Waals surface area contributed by atoms with E-state index in [0.29, 0.717) is 0 Å². The maximum atomic E-state index is 12.2. The molecular formula is C22H28N2O. The summed E-state index contributed by atoms with van der Waals surface area (Å²) in [5.41, 5.74) is 8.72. The SMILES string of the molecule is CCCCCCc1cccc2cccc(/C=C3\C(=O)NNC3(C)C)c12. The predicted molar refractivity (Wildman–Crippen MR) is 105 cm³/mol. The van der Waals surface area contributed by atoms with E-state index >= 15 is 0 Å². The topological polar surface area (TPSA) is 41.1 Å². The first kappa shape index (κ1) is 17.7. The van der Waals surface area contributed by atoms with Gasteiger partial charge in [0.05, 0.1) is 5.54 Å². The van der Waals surface area contributed by atoms with Crippen LogP contribution in [0.1, 0.15) is 57.6 Å². The second kappa shape index (κ2) is 7.40. The molecule has 1 aliphatic rings. The summed E-state index contributed by atoms with van der Waals surface area (Å²) in [5.74, 6) is -0.0394. The van der Waals surface area contributed by atoms with E-state index < -0.39 is 0 Å². The standard InChI is InChI=1S/C22H28N2O/c1-4-5-6-7-10-16-11-8-12-17-13-9-14-18(20(16)17)15-19-21(25)23-24-22(19,2)3/h8-9,11-15,24H,4-7,10H2,1-3H3,(H,23,25)/b19-15+. The van der Waals surface area contributed by atoms with Crippen LogP contribution in [0.15, 0.2) is 42.0 Å². The van der Waals surface area contributed by atoms with Gasteiger partial charge in [-0.3, -0.25) is 10.2 Å². The van der Waals surface area contributed by atoms with Crippen molar-refractivity contribution in [2.75, 3.05) is 0 Å². The fourth-order valence-electron chi connectivity index (χ4n) is 3.55. The van der Waals surface area contributed by atoms with Gasteiger partial charge < -0.3 is 0 Å². The minimum Gasteiger partial charge on any atom is -0.287 e. The molecule has 0 bridgehead atoms.